The van der Waals surface area contributed by atoms with E-state index in [1.165, 1.54) is 10.6 Å². The second-order valence-electron chi connectivity index (χ2n) is 7.72. The molecule has 1 aliphatic heterocycles. The number of hydrogen-bond donors (Lipinski definition) is 4. The van der Waals surface area contributed by atoms with Gasteiger partial charge in [0.2, 0.25) is 5.91 Å². The predicted molar refractivity (Wildman–Crippen MR) is 124 cm³/mol. The van der Waals surface area contributed by atoms with Crippen LogP contribution >= 0.6 is 8.41 Å². The van der Waals surface area contributed by atoms with Crippen molar-refractivity contribution in [3.05, 3.63) is 47.0 Å². The number of aromatic amines is 1. The Kier molecular flexibility index (Phi) is 9.16. The van der Waals surface area contributed by atoms with Crippen molar-refractivity contribution < 1.29 is 19.2 Å². The van der Waals surface area contributed by atoms with Crippen LogP contribution in [0.25, 0.3) is 6.08 Å². The van der Waals surface area contributed by atoms with Crippen LogP contribution in [-0.2, 0) is 14.1 Å². The maximum atomic E-state index is 12.3. The molecule has 33 heavy (non-hydrogen) atoms. The van der Waals surface area contributed by atoms with Crippen molar-refractivity contribution in [2.75, 3.05) is 24.6 Å². The summed E-state index contributed by atoms with van der Waals surface area (Å²) in [6, 6.07) is 1.67. The number of unbranched alkanes of at least 4 members (excludes halogenated alkanes) is 3. The number of nitrogens with zero attached hydrogens (tertiary/aromatic N) is 3. The number of amides is 1. The van der Waals surface area contributed by atoms with Crippen molar-refractivity contribution in [3.63, 3.8) is 0 Å². The fraction of sp³-hybridized carbons (Fsp3) is 0.524. The molecule has 0 saturated carbocycles. The maximum Gasteiger partial charge on any atom is 0.388 e. The lowest BCUT2D eigenvalue weighted by Gasteiger charge is -2.14. The summed E-state index contributed by atoms with van der Waals surface area (Å²) in [6.45, 7) is 1.27. The number of hydrogen-bond acceptors (Lipinski definition) is 8. The smallest absolute Gasteiger partial charge is 0.388 e. The predicted octanol–water partition coefficient (Wildman–Crippen LogP) is 1.44. The van der Waals surface area contributed by atoms with Crippen molar-refractivity contribution in [1.29, 1.82) is 1.28 Å². The van der Waals surface area contributed by atoms with Gasteiger partial charge in [0, 0.05) is 31.8 Å². The van der Waals surface area contributed by atoms with Gasteiger partial charge in [0.05, 0.1) is 24.3 Å². The van der Waals surface area contributed by atoms with E-state index in [4.69, 9.17) is 6.02 Å². The number of rotatable bonds is 13. The number of ether oxygens (including phenoxy) is 1. The first-order valence-electron chi connectivity index (χ1n) is 11.4. The summed E-state index contributed by atoms with van der Waals surface area (Å²) >= 11 is 0. The van der Waals surface area contributed by atoms with Crippen LogP contribution in [0.2, 0.25) is 0 Å². The minimum Gasteiger partial charge on any atom is -0.390 e. The van der Waals surface area contributed by atoms with Gasteiger partial charge < -0.3 is 25.5 Å². The second kappa shape index (κ2) is 13.0. The van der Waals surface area contributed by atoms with E-state index in [0.717, 1.165) is 31.4 Å². The number of carbonyl (C=O) groups excluding carboxylic acids is 1. The van der Waals surface area contributed by atoms with E-state index in [1.807, 2.05) is 0 Å². The third-order valence-electron chi connectivity index (χ3n) is 5.24. The summed E-state index contributed by atoms with van der Waals surface area (Å²) in [5.74, 6) is 0.318. The first-order valence-corrected chi connectivity index (χ1v) is 12.0. The average molecular weight is 479 g/mol. The van der Waals surface area contributed by atoms with Crippen LogP contribution in [-0.4, -0.2) is 63.3 Å². The number of imidazole rings is 1. The molecule has 1 fully saturated rings. The average Bonchev–Trinajstić information content (AvgIpc) is 3.44. The van der Waals surface area contributed by atoms with Crippen molar-refractivity contribution in [3.8, 4) is 0 Å². The number of H-pyrrole nitrogens is 1. The largest absolute Gasteiger partial charge is 0.390 e. The van der Waals surface area contributed by atoms with Crippen LogP contribution < -0.4 is 16.3 Å². The van der Waals surface area contributed by atoms with Gasteiger partial charge in [0.15, 0.2) is 6.16 Å². The zero-order valence-corrected chi connectivity index (χ0v) is 19.1. The van der Waals surface area contributed by atoms with E-state index >= 15 is 0 Å². The lowest BCUT2D eigenvalue weighted by Crippen LogP contribution is -2.27. The Hall–Kier alpha value is -2.88. The van der Waals surface area contributed by atoms with E-state index in [9.17, 15) is 19.3 Å². The van der Waals surface area contributed by atoms with Crippen molar-refractivity contribution in [1.82, 2.24) is 24.8 Å². The summed E-state index contributed by atoms with van der Waals surface area (Å²) in [5, 5.41) is 16.0. The van der Waals surface area contributed by atoms with Crippen LogP contribution in [0.4, 0.5) is 5.82 Å². The van der Waals surface area contributed by atoms with Crippen LogP contribution in [0.15, 0.2) is 35.7 Å². The molecule has 4 unspecified atom stereocenters. The van der Waals surface area contributed by atoms with Gasteiger partial charge in [-0.3, -0.25) is 9.36 Å². The van der Waals surface area contributed by atoms with Gasteiger partial charge in [-0.2, -0.15) is 4.98 Å². The van der Waals surface area contributed by atoms with E-state index in [1.54, 1.807) is 30.9 Å². The van der Waals surface area contributed by atoms with E-state index in [-0.39, 0.29) is 18.5 Å². The summed E-state index contributed by atoms with van der Waals surface area (Å²) in [4.78, 5) is 34.9. The molecule has 0 aliphatic carbocycles. The van der Waals surface area contributed by atoms with Crippen LogP contribution in [0.3, 0.4) is 0 Å². The van der Waals surface area contributed by atoms with Gasteiger partial charge in [0.25, 0.3) is 0 Å². The summed E-state index contributed by atoms with van der Waals surface area (Å²) in [5.41, 5.74) is 0.267. The van der Waals surface area contributed by atoms with Gasteiger partial charge >= 0.3 is 15.4 Å². The molecular weight excluding hydrogens is 447 g/mol. The Labute approximate surface area is 194 Å². The molecule has 178 valence electrons. The molecule has 0 spiro atoms. The number of carbonyl (C=O) groups is 1. The normalized spacial score (nSPS) is 21.2. The van der Waals surface area contributed by atoms with E-state index in [0.29, 0.717) is 18.9 Å². The van der Waals surface area contributed by atoms with Gasteiger partial charge in [0.1, 0.15) is 18.1 Å². The molecule has 0 aromatic carbocycles. The molecule has 4 N–H and O–H groups in total. The molecule has 1 amide bonds. The van der Waals surface area contributed by atoms with Gasteiger partial charge in [-0.05, 0) is 25.0 Å². The minimum absolute atomic E-state index is 0.0653. The van der Waals surface area contributed by atoms with Crippen molar-refractivity contribution >= 4 is 26.2 Å². The SMILES string of the molecule is [3H][P+](=O)CC1OC(n2ccc(NCCCCCCNC(=O)/C=C/c3cnc[nH]3)nc2=O)CC1O. The number of aliphatic hydroxyl groups excluding tert-OH is 1. The highest BCUT2D eigenvalue weighted by atomic mass is 31.1. The lowest BCUT2D eigenvalue weighted by atomic mass is 10.2. The van der Waals surface area contributed by atoms with Crippen LogP contribution in [0, 0.1) is 0 Å². The van der Waals surface area contributed by atoms with Crippen LogP contribution in [0.1, 0.15) is 44.0 Å². The molecule has 11 nitrogen and oxygen atoms in total. The second-order valence-corrected chi connectivity index (χ2v) is 8.34. The molecule has 2 aromatic heterocycles. The Bertz CT molecular complexity index is 1030. The van der Waals surface area contributed by atoms with E-state index in [2.05, 4.69) is 25.6 Å². The highest BCUT2D eigenvalue weighted by Gasteiger charge is 2.37. The fourth-order valence-electron chi connectivity index (χ4n) is 3.47. The monoisotopic (exact) mass is 479 g/mol. The molecule has 3 rings (SSSR count). The Morgan fingerprint density at radius 3 is 2.94 bits per heavy atom. The Morgan fingerprint density at radius 1 is 1.39 bits per heavy atom. The topological polar surface area (TPSA) is 151 Å². The van der Waals surface area contributed by atoms with Crippen molar-refractivity contribution in [2.24, 2.45) is 0 Å². The molecule has 1 aliphatic rings. The minimum atomic E-state index is -2.19. The Morgan fingerprint density at radius 2 is 2.21 bits per heavy atom. The third-order valence-corrected chi connectivity index (χ3v) is 5.75. The number of aliphatic hydroxyl groups is 1. The van der Waals surface area contributed by atoms with Gasteiger partial charge in [-0.15, -0.1) is 0 Å². The molecule has 3 heterocycles. The van der Waals surface area contributed by atoms with Crippen molar-refractivity contribution in [2.45, 2.75) is 50.5 Å². The van der Waals surface area contributed by atoms with Crippen LogP contribution in [0.5, 0.6) is 0 Å². The maximum absolute atomic E-state index is 12.3. The summed E-state index contributed by atoms with van der Waals surface area (Å²) in [7, 11) is -2.19. The number of anilines is 1. The first-order chi connectivity index (χ1) is 16.4. The molecule has 4 atom stereocenters. The van der Waals surface area contributed by atoms with Gasteiger partial charge in [-0.1, -0.05) is 17.4 Å². The number of aromatic nitrogens is 4. The zero-order valence-electron chi connectivity index (χ0n) is 19.2. The quantitative estimate of drug-likeness (QED) is 0.191. The Balaban J connectivity index is 1.29. The standard InChI is InChI=1S/C21H29N6O5P/c28-16-11-20(32-17(16)13-33-31)27-10-7-18(26-21(27)30)23-8-3-1-2-4-9-24-19(29)6-5-15-12-22-14-25-15/h5-7,10,12,14,16-17,20,28H,1-4,8-9,11,13H2,(H,22,25)(H,24,29)(H,23,26,30)/p+1/b6-5+/i/hT. The lowest BCUT2D eigenvalue weighted by molar-refractivity contribution is -0.116. The van der Waals surface area contributed by atoms with E-state index < -0.39 is 32.5 Å². The number of nitrogens with one attached hydrogen (secondary N) is 3. The molecule has 1 saturated heterocycles. The molecule has 12 heteroatoms. The first kappa shape index (κ1) is 23.3. The highest BCUT2D eigenvalue weighted by molar-refractivity contribution is 7.23. The fourth-order valence-corrected chi connectivity index (χ4v) is 3.94. The highest BCUT2D eigenvalue weighted by Crippen LogP contribution is 2.29. The molecule has 2 aromatic rings. The molecule has 0 radical (unpaired) electrons. The summed E-state index contributed by atoms with van der Waals surface area (Å²) < 4.78 is 25.2. The summed E-state index contributed by atoms with van der Waals surface area (Å²) in [6.07, 6.45) is 9.43. The molecule has 0 bridgehead atoms. The molecular formula is C21H30N6O5P+. The van der Waals surface area contributed by atoms with Gasteiger partial charge in [-0.25, -0.2) is 9.78 Å². The zero-order chi connectivity index (χ0) is 24.3. The third kappa shape index (κ3) is 7.88.